The molecule has 0 aromatic rings. The van der Waals surface area contributed by atoms with Crippen molar-refractivity contribution in [1.82, 2.24) is 5.32 Å². The Hall–Kier alpha value is -0.0800. The Kier molecular flexibility index (Phi) is 5.70. The van der Waals surface area contributed by atoms with Gasteiger partial charge < -0.3 is 10.1 Å². The van der Waals surface area contributed by atoms with Gasteiger partial charge in [-0.2, -0.15) is 0 Å². The minimum absolute atomic E-state index is 0.572. The van der Waals surface area contributed by atoms with E-state index in [1.54, 1.807) is 0 Å². The molecule has 2 rings (SSSR count). The first-order valence-corrected chi connectivity index (χ1v) is 8.39. The summed E-state index contributed by atoms with van der Waals surface area (Å²) < 4.78 is 5.72. The van der Waals surface area contributed by atoms with Crippen LogP contribution in [0.3, 0.4) is 0 Å². The highest BCUT2D eigenvalue weighted by atomic mass is 16.5. The zero-order valence-corrected chi connectivity index (χ0v) is 13.2. The molecular formula is C17H33NO. The van der Waals surface area contributed by atoms with Gasteiger partial charge in [-0.15, -0.1) is 0 Å². The normalized spacial score (nSPS) is 29.5. The summed E-state index contributed by atoms with van der Waals surface area (Å²) >= 11 is 0. The topological polar surface area (TPSA) is 21.3 Å². The van der Waals surface area contributed by atoms with Gasteiger partial charge >= 0.3 is 0 Å². The Labute approximate surface area is 119 Å². The fourth-order valence-electron chi connectivity index (χ4n) is 3.88. The molecular weight excluding hydrogens is 234 g/mol. The first-order valence-electron chi connectivity index (χ1n) is 8.39. The molecule has 2 unspecified atom stereocenters. The second-order valence-corrected chi connectivity index (χ2v) is 7.46. The third-order valence-corrected chi connectivity index (χ3v) is 5.39. The Morgan fingerprint density at radius 3 is 2.53 bits per heavy atom. The SMILES string of the molecule is CNC(CCCC1CCCO1)C1CCC(C)(C)CC1. The second kappa shape index (κ2) is 7.08. The van der Waals surface area contributed by atoms with Crippen molar-refractivity contribution in [3.05, 3.63) is 0 Å². The van der Waals surface area contributed by atoms with Gasteiger partial charge in [0.05, 0.1) is 6.10 Å². The summed E-state index contributed by atoms with van der Waals surface area (Å²) in [6, 6.07) is 0.734. The van der Waals surface area contributed by atoms with E-state index in [2.05, 4.69) is 26.2 Å². The van der Waals surface area contributed by atoms with E-state index in [4.69, 9.17) is 4.74 Å². The van der Waals surface area contributed by atoms with Crippen LogP contribution < -0.4 is 5.32 Å². The molecule has 1 aliphatic carbocycles. The highest BCUT2D eigenvalue weighted by Crippen LogP contribution is 2.39. The third kappa shape index (κ3) is 4.75. The Bertz CT molecular complexity index is 248. The molecule has 112 valence electrons. The molecule has 1 aliphatic heterocycles. The van der Waals surface area contributed by atoms with Crippen molar-refractivity contribution in [2.24, 2.45) is 11.3 Å². The smallest absolute Gasteiger partial charge is 0.0576 e. The van der Waals surface area contributed by atoms with Crippen molar-refractivity contribution in [2.75, 3.05) is 13.7 Å². The lowest BCUT2D eigenvalue weighted by Crippen LogP contribution is -2.37. The van der Waals surface area contributed by atoms with Crippen LogP contribution in [0, 0.1) is 11.3 Å². The lowest BCUT2D eigenvalue weighted by atomic mass is 9.70. The highest BCUT2D eigenvalue weighted by molar-refractivity contribution is 4.85. The average molecular weight is 267 g/mol. The highest BCUT2D eigenvalue weighted by Gasteiger charge is 2.30. The molecule has 0 aromatic carbocycles. The number of rotatable bonds is 6. The van der Waals surface area contributed by atoms with Gasteiger partial charge in [-0.05, 0) is 76.2 Å². The molecule has 0 radical (unpaired) electrons. The molecule has 1 heterocycles. The minimum atomic E-state index is 0.572. The van der Waals surface area contributed by atoms with Gasteiger partial charge in [0, 0.05) is 12.6 Å². The number of nitrogens with one attached hydrogen (secondary N) is 1. The first-order chi connectivity index (χ1) is 9.11. The summed E-state index contributed by atoms with van der Waals surface area (Å²) in [5.74, 6) is 0.905. The van der Waals surface area contributed by atoms with E-state index in [0.717, 1.165) is 18.6 Å². The lowest BCUT2D eigenvalue weighted by Gasteiger charge is -2.38. The predicted molar refractivity (Wildman–Crippen MR) is 81.4 cm³/mol. The van der Waals surface area contributed by atoms with E-state index in [1.807, 2.05) is 0 Å². The van der Waals surface area contributed by atoms with Crippen LogP contribution in [0.1, 0.15) is 71.6 Å². The fourth-order valence-corrected chi connectivity index (χ4v) is 3.88. The van der Waals surface area contributed by atoms with Crippen LogP contribution in [0.15, 0.2) is 0 Å². The zero-order chi connectivity index (χ0) is 13.7. The molecule has 0 aromatic heterocycles. The Morgan fingerprint density at radius 1 is 1.21 bits per heavy atom. The average Bonchev–Trinajstić information content (AvgIpc) is 2.88. The fraction of sp³-hybridized carbons (Fsp3) is 1.00. The first kappa shape index (κ1) is 15.3. The molecule has 2 heteroatoms. The van der Waals surface area contributed by atoms with Gasteiger partial charge in [0.25, 0.3) is 0 Å². The van der Waals surface area contributed by atoms with Crippen LogP contribution in [-0.2, 0) is 4.74 Å². The molecule has 2 aliphatic rings. The van der Waals surface area contributed by atoms with E-state index in [9.17, 15) is 0 Å². The van der Waals surface area contributed by atoms with Crippen molar-refractivity contribution in [1.29, 1.82) is 0 Å². The number of hydrogen-bond acceptors (Lipinski definition) is 2. The third-order valence-electron chi connectivity index (χ3n) is 5.39. The maximum absolute atomic E-state index is 5.72. The predicted octanol–water partition coefficient (Wildman–Crippen LogP) is 4.14. The van der Waals surface area contributed by atoms with E-state index in [0.29, 0.717) is 11.5 Å². The monoisotopic (exact) mass is 267 g/mol. The van der Waals surface area contributed by atoms with E-state index >= 15 is 0 Å². The Morgan fingerprint density at radius 2 is 1.95 bits per heavy atom. The molecule has 0 amide bonds. The summed E-state index contributed by atoms with van der Waals surface area (Å²) in [7, 11) is 2.15. The van der Waals surface area contributed by atoms with Crippen LogP contribution in [0.4, 0.5) is 0 Å². The summed E-state index contributed by atoms with van der Waals surface area (Å²) in [6.45, 7) is 5.85. The number of hydrogen-bond donors (Lipinski definition) is 1. The molecule has 2 fully saturated rings. The van der Waals surface area contributed by atoms with E-state index in [1.165, 1.54) is 57.8 Å². The summed E-state index contributed by atoms with van der Waals surface area (Å²) in [4.78, 5) is 0. The van der Waals surface area contributed by atoms with Crippen molar-refractivity contribution < 1.29 is 4.74 Å². The lowest BCUT2D eigenvalue weighted by molar-refractivity contribution is 0.0988. The molecule has 0 bridgehead atoms. The molecule has 19 heavy (non-hydrogen) atoms. The molecule has 1 saturated carbocycles. The van der Waals surface area contributed by atoms with E-state index in [-0.39, 0.29) is 0 Å². The van der Waals surface area contributed by atoms with Gasteiger partial charge in [0.1, 0.15) is 0 Å². The molecule has 1 N–H and O–H groups in total. The van der Waals surface area contributed by atoms with Crippen molar-refractivity contribution in [3.8, 4) is 0 Å². The van der Waals surface area contributed by atoms with Crippen molar-refractivity contribution >= 4 is 0 Å². The number of ether oxygens (including phenoxy) is 1. The summed E-state index contributed by atoms with van der Waals surface area (Å²) in [6.07, 6.45) is 12.7. The van der Waals surface area contributed by atoms with Crippen LogP contribution >= 0.6 is 0 Å². The van der Waals surface area contributed by atoms with Gasteiger partial charge in [0.15, 0.2) is 0 Å². The quantitative estimate of drug-likeness (QED) is 0.781. The maximum Gasteiger partial charge on any atom is 0.0576 e. The van der Waals surface area contributed by atoms with Gasteiger partial charge in [-0.1, -0.05) is 13.8 Å². The molecule has 2 atom stereocenters. The van der Waals surface area contributed by atoms with Crippen LogP contribution in [0.2, 0.25) is 0 Å². The largest absolute Gasteiger partial charge is 0.378 e. The van der Waals surface area contributed by atoms with Gasteiger partial charge in [-0.3, -0.25) is 0 Å². The van der Waals surface area contributed by atoms with Crippen molar-refractivity contribution in [2.45, 2.75) is 83.8 Å². The molecule has 0 spiro atoms. The standard InChI is InChI=1S/C17H33NO/c1-17(2)11-9-14(10-12-17)16(18-3)8-4-6-15-7-5-13-19-15/h14-16,18H,4-13H2,1-3H3. The van der Waals surface area contributed by atoms with Crippen molar-refractivity contribution in [3.63, 3.8) is 0 Å². The summed E-state index contributed by atoms with van der Waals surface area (Å²) in [5.41, 5.74) is 0.590. The minimum Gasteiger partial charge on any atom is -0.378 e. The van der Waals surface area contributed by atoms with Gasteiger partial charge in [0.2, 0.25) is 0 Å². The van der Waals surface area contributed by atoms with Crippen LogP contribution in [0.25, 0.3) is 0 Å². The van der Waals surface area contributed by atoms with Crippen LogP contribution in [0.5, 0.6) is 0 Å². The maximum atomic E-state index is 5.72. The Balaban J connectivity index is 1.67. The molecule has 2 nitrogen and oxygen atoms in total. The van der Waals surface area contributed by atoms with Crippen LogP contribution in [-0.4, -0.2) is 25.8 Å². The van der Waals surface area contributed by atoms with Gasteiger partial charge in [-0.25, -0.2) is 0 Å². The second-order valence-electron chi connectivity index (χ2n) is 7.46. The molecule has 1 saturated heterocycles. The zero-order valence-electron chi connectivity index (χ0n) is 13.2. The van der Waals surface area contributed by atoms with E-state index < -0.39 is 0 Å². The summed E-state index contributed by atoms with van der Waals surface area (Å²) in [5, 5.41) is 3.58.